The van der Waals surface area contributed by atoms with E-state index in [1.54, 1.807) is 0 Å². The zero-order valence-electron chi connectivity index (χ0n) is 12.2. The topological polar surface area (TPSA) is 15.7 Å². The molecule has 2 saturated heterocycles. The predicted molar refractivity (Wildman–Crippen MR) is 75.9 cm³/mol. The highest BCUT2D eigenvalue weighted by Crippen LogP contribution is 2.19. The number of piperidine rings is 2. The Morgan fingerprint density at radius 3 is 1.89 bits per heavy atom. The molecule has 106 valence electrons. The van der Waals surface area contributed by atoms with Crippen LogP contribution in [0.4, 0.5) is 0 Å². The van der Waals surface area contributed by atoms with Crippen molar-refractivity contribution in [2.75, 3.05) is 53.0 Å². The minimum atomic E-state index is 0.817. The fraction of sp³-hybridized carbons (Fsp3) is 1.00. The summed E-state index contributed by atoms with van der Waals surface area (Å²) in [6.45, 7) is 10.5. The third-order valence-corrected chi connectivity index (χ3v) is 4.70. The average molecular weight is 254 g/mol. The van der Waals surface area contributed by atoms with E-state index in [1.807, 2.05) is 0 Å². The van der Waals surface area contributed by atoms with Gasteiger partial charge < -0.3 is 14.5 Å². The van der Waals surface area contributed by atoms with Crippen molar-refractivity contribution in [2.24, 2.45) is 11.8 Å². The van der Waals surface area contributed by atoms with Crippen LogP contribution in [0, 0.1) is 11.8 Å². The molecule has 0 bridgehead atoms. The quantitative estimate of drug-likeness (QED) is 0.747. The van der Waals surface area contributed by atoms with E-state index in [2.05, 4.69) is 23.8 Å². The van der Waals surface area contributed by atoms with Crippen LogP contribution >= 0.6 is 0 Å². The molecule has 2 aliphatic rings. The molecule has 2 heterocycles. The van der Waals surface area contributed by atoms with Gasteiger partial charge in [0.05, 0.1) is 0 Å². The third kappa shape index (κ3) is 4.52. The standard InChI is InChI=1S/C15H30N2O/c1-3-17-10-6-15(7-11-17)13-18-12-14-4-8-16(2)9-5-14/h14-15H,3-13H2,1-2H3. The van der Waals surface area contributed by atoms with Crippen molar-refractivity contribution < 1.29 is 4.74 Å². The van der Waals surface area contributed by atoms with Crippen molar-refractivity contribution in [2.45, 2.75) is 32.6 Å². The molecule has 3 nitrogen and oxygen atoms in total. The largest absolute Gasteiger partial charge is 0.381 e. The monoisotopic (exact) mass is 254 g/mol. The van der Waals surface area contributed by atoms with Gasteiger partial charge in [0.15, 0.2) is 0 Å². The van der Waals surface area contributed by atoms with E-state index in [4.69, 9.17) is 4.74 Å². The van der Waals surface area contributed by atoms with Gasteiger partial charge in [-0.25, -0.2) is 0 Å². The fourth-order valence-corrected chi connectivity index (χ4v) is 3.10. The lowest BCUT2D eigenvalue weighted by molar-refractivity contribution is 0.0341. The Labute approximate surface area is 112 Å². The summed E-state index contributed by atoms with van der Waals surface area (Å²) in [5.41, 5.74) is 0. The van der Waals surface area contributed by atoms with Crippen LogP contribution in [0.1, 0.15) is 32.6 Å². The van der Waals surface area contributed by atoms with Gasteiger partial charge >= 0.3 is 0 Å². The average Bonchev–Trinajstić information content (AvgIpc) is 2.42. The number of hydrogen-bond acceptors (Lipinski definition) is 3. The number of hydrogen-bond donors (Lipinski definition) is 0. The van der Waals surface area contributed by atoms with E-state index < -0.39 is 0 Å². The predicted octanol–water partition coefficient (Wildman–Crippen LogP) is 2.08. The zero-order chi connectivity index (χ0) is 12.8. The normalized spacial score (nSPS) is 25.7. The van der Waals surface area contributed by atoms with Crippen molar-refractivity contribution >= 4 is 0 Å². The first-order valence-corrected chi connectivity index (χ1v) is 7.76. The van der Waals surface area contributed by atoms with Crippen molar-refractivity contribution in [3.8, 4) is 0 Å². The Balaban J connectivity index is 1.53. The zero-order valence-corrected chi connectivity index (χ0v) is 12.2. The minimum Gasteiger partial charge on any atom is -0.381 e. The summed E-state index contributed by atoms with van der Waals surface area (Å²) in [4.78, 5) is 4.98. The van der Waals surface area contributed by atoms with Crippen molar-refractivity contribution in [3.63, 3.8) is 0 Å². The summed E-state index contributed by atoms with van der Waals surface area (Å²) in [7, 11) is 2.22. The van der Waals surface area contributed by atoms with E-state index in [9.17, 15) is 0 Å². The highest BCUT2D eigenvalue weighted by molar-refractivity contribution is 4.72. The van der Waals surface area contributed by atoms with Crippen LogP contribution in [0.5, 0.6) is 0 Å². The van der Waals surface area contributed by atoms with E-state index in [-0.39, 0.29) is 0 Å². The van der Waals surface area contributed by atoms with Gasteiger partial charge in [-0.3, -0.25) is 0 Å². The second kappa shape index (κ2) is 7.46. The van der Waals surface area contributed by atoms with Gasteiger partial charge in [0.1, 0.15) is 0 Å². The molecule has 0 aromatic heterocycles. The maximum atomic E-state index is 5.98. The summed E-state index contributed by atoms with van der Waals surface area (Å²) >= 11 is 0. The summed E-state index contributed by atoms with van der Waals surface area (Å²) < 4.78 is 5.98. The second-order valence-electron chi connectivity index (χ2n) is 6.16. The SMILES string of the molecule is CCN1CCC(COCC2CCN(C)CC2)CC1. The maximum Gasteiger partial charge on any atom is 0.0495 e. The van der Waals surface area contributed by atoms with Crippen molar-refractivity contribution in [1.82, 2.24) is 9.80 Å². The molecule has 0 saturated carbocycles. The van der Waals surface area contributed by atoms with Crippen LogP contribution in [0.3, 0.4) is 0 Å². The van der Waals surface area contributed by atoms with Crippen LogP contribution in [0.15, 0.2) is 0 Å². The molecular weight excluding hydrogens is 224 g/mol. The van der Waals surface area contributed by atoms with E-state index >= 15 is 0 Å². The molecule has 18 heavy (non-hydrogen) atoms. The molecule has 0 atom stereocenters. The van der Waals surface area contributed by atoms with Crippen molar-refractivity contribution in [3.05, 3.63) is 0 Å². The number of ether oxygens (including phenoxy) is 1. The number of nitrogens with zero attached hydrogens (tertiary/aromatic N) is 2. The summed E-state index contributed by atoms with van der Waals surface area (Å²) in [5.74, 6) is 1.64. The molecular formula is C15H30N2O. The number of rotatable bonds is 5. The third-order valence-electron chi connectivity index (χ3n) is 4.70. The summed E-state index contributed by atoms with van der Waals surface area (Å²) in [5, 5.41) is 0. The molecule has 2 aliphatic heterocycles. The maximum absolute atomic E-state index is 5.98. The second-order valence-corrected chi connectivity index (χ2v) is 6.16. The first-order valence-electron chi connectivity index (χ1n) is 7.76. The Morgan fingerprint density at radius 1 is 0.889 bits per heavy atom. The molecule has 0 aromatic carbocycles. The Bertz CT molecular complexity index is 219. The van der Waals surface area contributed by atoms with Gasteiger partial charge in [-0.15, -0.1) is 0 Å². The fourth-order valence-electron chi connectivity index (χ4n) is 3.10. The smallest absolute Gasteiger partial charge is 0.0495 e. The number of likely N-dealkylation sites (tertiary alicyclic amines) is 2. The Morgan fingerprint density at radius 2 is 1.39 bits per heavy atom. The first-order chi connectivity index (χ1) is 8.78. The molecule has 0 unspecified atom stereocenters. The van der Waals surface area contributed by atoms with Gasteiger partial charge in [-0.1, -0.05) is 6.92 Å². The molecule has 3 heteroatoms. The van der Waals surface area contributed by atoms with Crippen LogP contribution in [0.2, 0.25) is 0 Å². The van der Waals surface area contributed by atoms with Gasteiger partial charge in [-0.05, 0) is 77.3 Å². The lowest BCUT2D eigenvalue weighted by Crippen LogP contribution is -2.35. The highest BCUT2D eigenvalue weighted by atomic mass is 16.5. The van der Waals surface area contributed by atoms with Crippen LogP contribution in [-0.2, 0) is 4.74 Å². The lowest BCUT2D eigenvalue weighted by atomic mass is 9.97. The van der Waals surface area contributed by atoms with Gasteiger partial charge in [0, 0.05) is 13.2 Å². The van der Waals surface area contributed by atoms with Gasteiger partial charge in [0.2, 0.25) is 0 Å². The summed E-state index contributed by atoms with van der Waals surface area (Å²) in [6.07, 6.45) is 5.32. The summed E-state index contributed by atoms with van der Waals surface area (Å²) in [6, 6.07) is 0. The van der Waals surface area contributed by atoms with E-state index in [1.165, 1.54) is 58.4 Å². The Hall–Kier alpha value is -0.120. The van der Waals surface area contributed by atoms with Crippen LogP contribution < -0.4 is 0 Å². The molecule has 2 rings (SSSR count). The molecule has 0 radical (unpaired) electrons. The van der Waals surface area contributed by atoms with Gasteiger partial charge in [0.25, 0.3) is 0 Å². The molecule has 0 spiro atoms. The van der Waals surface area contributed by atoms with Gasteiger partial charge in [-0.2, -0.15) is 0 Å². The van der Waals surface area contributed by atoms with E-state index in [0.29, 0.717) is 0 Å². The molecule has 0 amide bonds. The van der Waals surface area contributed by atoms with Crippen LogP contribution in [0.25, 0.3) is 0 Å². The minimum absolute atomic E-state index is 0.817. The first kappa shape index (κ1) is 14.3. The van der Waals surface area contributed by atoms with Crippen molar-refractivity contribution in [1.29, 1.82) is 0 Å². The van der Waals surface area contributed by atoms with E-state index in [0.717, 1.165) is 25.0 Å². The Kier molecular flexibility index (Phi) is 5.93. The molecule has 0 aliphatic carbocycles. The lowest BCUT2D eigenvalue weighted by Gasteiger charge is -2.32. The molecule has 2 fully saturated rings. The van der Waals surface area contributed by atoms with Crippen LogP contribution in [-0.4, -0.2) is 62.8 Å². The highest BCUT2D eigenvalue weighted by Gasteiger charge is 2.20. The molecule has 0 aromatic rings. The molecule has 0 N–H and O–H groups in total.